The molecule has 0 saturated carbocycles. The van der Waals surface area contributed by atoms with Crippen molar-refractivity contribution in [1.29, 1.82) is 0 Å². The summed E-state index contributed by atoms with van der Waals surface area (Å²) in [6.07, 6.45) is 2.25. The second-order valence-corrected chi connectivity index (χ2v) is 4.55. The summed E-state index contributed by atoms with van der Waals surface area (Å²) < 4.78 is 2.51. The lowest BCUT2D eigenvalue weighted by molar-refractivity contribution is 0.298. The fraction of sp³-hybridized carbons (Fsp3) is 0.200. The zero-order valence-corrected chi connectivity index (χ0v) is 10.6. The number of rotatable bonds is 3. The highest BCUT2D eigenvalue weighted by atomic mass is 79.9. The van der Waals surface area contributed by atoms with Crippen molar-refractivity contribution in [3.8, 4) is 5.69 Å². The maximum atomic E-state index is 8.78. The average molecular weight is 303 g/mol. The largest absolute Gasteiger partial charge is 0.396 e. The minimum absolute atomic E-state index is 0.0623. The first kappa shape index (κ1) is 11.6. The molecule has 0 spiro atoms. The number of benzene rings is 1. The van der Waals surface area contributed by atoms with Gasteiger partial charge in [0, 0.05) is 17.5 Å². The van der Waals surface area contributed by atoms with E-state index in [2.05, 4.69) is 26.2 Å². The van der Waals surface area contributed by atoms with Crippen molar-refractivity contribution in [1.82, 2.24) is 15.0 Å². The molecule has 0 aliphatic carbocycles. The number of aliphatic hydroxyl groups excluding tert-OH is 1. The first-order chi connectivity index (χ1) is 7.70. The standard InChI is InChI=1S/C10H9BrClN3O/c11-7-1-2-10(9(12)5-7)15-6-8(3-4-16)13-14-15/h1-2,5-6,16H,3-4H2. The van der Waals surface area contributed by atoms with Crippen LogP contribution < -0.4 is 0 Å². The van der Waals surface area contributed by atoms with Gasteiger partial charge in [-0.15, -0.1) is 5.10 Å². The lowest BCUT2D eigenvalue weighted by Crippen LogP contribution is -1.95. The molecule has 16 heavy (non-hydrogen) atoms. The molecule has 0 aliphatic heterocycles. The van der Waals surface area contributed by atoms with Crippen LogP contribution in [0.5, 0.6) is 0 Å². The molecule has 0 bridgehead atoms. The topological polar surface area (TPSA) is 50.9 Å². The molecule has 0 atom stereocenters. The van der Waals surface area contributed by atoms with Gasteiger partial charge in [0.25, 0.3) is 0 Å². The molecule has 84 valence electrons. The molecule has 0 radical (unpaired) electrons. The third kappa shape index (κ3) is 2.42. The normalized spacial score (nSPS) is 10.7. The zero-order chi connectivity index (χ0) is 11.5. The van der Waals surface area contributed by atoms with Gasteiger partial charge >= 0.3 is 0 Å². The Morgan fingerprint density at radius 2 is 2.25 bits per heavy atom. The van der Waals surface area contributed by atoms with Crippen molar-refractivity contribution in [3.63, 3.8) is 0 Å². The van der Waals surface area contributed by atoms with Crippen molar-refractivity contribution in [2.24, 2.45) is 0 Å². The molecule has 6 heteroatoms. The molecule has 1 aromatic heterocycles. The summed E-state index contributed by atoms with van der Waals surface area (Å²) in [5, 5.41) is 17.3. The Morgan fingerprint density at radius 1 is 1.44 bits per heavy atom. The van der Waals surface area contributed by atoms with Crippen molar-refractivity contribution in [3.05, 3.63) is 39.6 Å². The van der Waals surface area contributed by atoms with E-state index in [0.717, 1.165) is 15.9 Å². The van der Waals surface area contributed by atoms with Gasteiger partial charge in [-0.25, -0.2) is 4.68 Å². The fourth-order valence-electron chi connectivity index (χ4n) is 1.31. The van der Waals surface area contributed by atoms with Crippen LogP contribution in [0.15, 0.2) is 28.9 Å². The van der Waals surface area contributed by atoms with Crippen molar-refractivity contribution >= 4 is 27.5 Å². The smallest absolute Gasteiger partial charge is 0.0854 e. The first-order valence-corrected chi connectivity index (χ1v) is 5.85. The molecule has 0 fully saturated rings. The Hall–Kier alpha value is -0.910. The van der Waals surface area contributed by atoms with Gasteiger partial charge in [-0.05, 0) is 18.2 Å². The summed E-state index contributed by atoms with van der Waals surface area (Å²) in [6, 6.07) is 5.53. The number of halogens is 2. The summed E-state index contributed by atoms with van der Waals surface area (Å²) in [7, 11) is 0. The van der Waals surface area contributed by atoms with E-state index in [4.69, 9.17) is 16.7 Å². The number of nitrogens with zero attached hydrogens (tertiary/aromatic N) is 3. The van der Waals surface area contributed by atoms with E-state index in [9.17, 15) is 0 Å². The van der Waals surface area contributed by atoms with Crippen LogP contribution in [0.1, 0.15) is 5.69 Å². The third-order valence-electron chi connectivity index (χ3n) is 2.07. The quantitative estimate of drug-likeness (QED) is 0.946. The van der Waals surface area contributed by atoms with Crippen molar-refractivity contribution in [2.75, 3.05) is 6.61 Å². The Labute approximate surface area is 106 Å². The lowest BCUT2D eigenvalue weighted by atomic mass is 10.3. The molecule has 2 aromatic rings. The molecule has 0 unspecified atom stereocenters. The van der Waals surface area contributed by atoms with E-state index in [1.54, 1.807) is 16.9 Å². The van der Waals surface area contributed by atoms with E-state index in [1.807, 2.05) is 12.1 Å². The van der Waals surface area contributed by atoms with Crippen LogP contribution in [0.25, 0.3) is 5.69 Å². The summed E-state index contributed by atoms with van der Waals surface area (Å²) in [5.41, 5.74) is 1.50. The molecular weight excluding hydrogens is 293 g/mol. The molecule has 0 aliphatic rings. The molecule has 4 nitrogen and oxygen atoms in total. The summed E-state index contributed by atoms with van der Waals surface area (Å²) in [4.78, 5) is 0. The average Bonchev–Trinajstić information content (AvgIpc) is 2.67. The van der Waals surface area contributed by atoms with E-state index < -0.39 is 0 Å². The van der Waals surface area contributed by atoms with E-state index >= 15 is 0 Å². The second kappa shape index (κ2) is 4.95. The third-order valence-corrected chi connectivity index (χ3v) is 2.86. The highest BCUT2D eigenvalue weighted by Gasteiger charge is 2.06. The highest BCUT2D eigenvalue weighted by Crippen LogP contribution is 2.23. The Morgan fingerprint density at radius 3 is 2.94 bits per heavy atom. The number of aliphatic hydroxyl groups is 1. The Bertz CT molecular complexity index is 501. The molecule has 1 N–H and O–H groups in total. The zero-order valence-electron chi connectivity index (χ0n) is 8.27. The van der Waals surface area contributed by atoms with Gasteiger partial charge in [-0.3, -0.25) is 0 Å². The maximum absolute atomic E-state index is 8.78. The van der Waals surface area contributed by atoms with Gasteiger partial charge in [0.2, 0.25) is 0 Å². The lowest BCUT2D eigenvalue weighted by Gasteiger charge is -2.02. The van der Waals surface area contributed by atoms with E-state index in [0.29, 0.717) is 11.4 Å². The van der Waals surface area contributed by atoms with Crippen LogP contribution >= 0.6 is 27.5 Å². The highest BCUT2D eigenvalue weighted by molar-refractivity contribution is 9.10. The van der Waals surface area contributed by atoms with Gasteiger partial charge in [0.1, 0.15) is 0 Å². The number of aromatic nitrogens is 3. The second-order valence-electron chi connectivity index (χ2n) is 3.22. The Balaban J connectivity index is 2.35. The number of hydrogen-bond donors (Lipinski definition) is 1. The van der Waals surface area contributed by atoms with Crippen LogP contribution in [-0.2, 0) is 6.42 Å². The van der Waals surface area contributed by atoms with Gasteiger partial charge in [0.15, 0.2) is 0 Å². The van der Waals surface area contributed by atoms with E-state index in [1.165, 1.54) is 0 Å². The fourth-order valence-corrected chi connectivity index (χ4v) is 2.07. The number of hydrogen-bond acceptors (Lipinski definition) is 3. The van der Waals surface area contributed by atoms with Crippen LogP contribution in [-0.4, -0.2) is 26.7 Å². The first-order valence-electron chi connectivity index (χ1n) is 4.68. The maximum Gasteiger partial charge on any atom is 0.0854 e. The van der Waals surface area contributed by atoms with Crippen LogP contribution in [0, 0.1) is 0 Å². The Kier molecular flexibility index (Phi) is 3.58. The SMILES string of the molecule is OCCc1cn(-c2ccc(Br)cc2Cl)nn1. The minimum atomic E-state index is 0.0623. The summed E-state index contributed by atoms with van der Waals surface area (Å²) >= 11 is 9.42. The van der Waals surface area contributed by atoms with Gasteiger partial charge in [-0.2, -0.15) is 0 Å². The molecule has 1 aromatic carbocycles. The summed E-state index contributed by atoms with van der Waals surface area (Å²) in [5.74, 6) is 0. The molecule has 0 amide bonds. The molecule has 2 rings (SSSR count). The van der Waals surface area contributed by atoms with Gasteiger partial charge in [-0.1, -0.05) is 32.7 Å². The van der Waals surface area contributed by atoms with Crippen LogP contribution in [0.4, 0.5) is 0 Å². The van der Waals surface area contributed by atoms with Gasteiger partial charge < -0.3 is 5.11 Å². The monoisotopic (exact) mass is 301 g/mol. The van der Waals surface area contributed by atoms with Crippen molar-refractivity contribution < 1.29 is 5.11 Å². The molecule has 0 saturated heterocycles. The predicted molar refractivity (Wildman–Crippen MR) is 64.9 cm³/mol. The van der Waals surface area contributed by atoms with Crippen LogP contribution in [0.3, 0.4) is 0 Å². The predicted octanol–water partition coefficient (Wildman–Crippen LogP) is 2.22. The van der Waals surface area contributed by atoms with Gasteiger partial charge in [0.05, 0.1) is 22.6 Å². The summed E-state index contributed by atoms with van der Waals surface area (Å²) in [6.45, 7) is 0.0623. The molecular formula is C10H9BrClN3O. The molecule has 1 heterocycles. The van der Waals surface area contributed by atoms with E-state index in [-0.39, 0.29) is 6.61 Å². The van der Waals surface area contributed by atoms with Crippen LogP contribution in [0.2, 0.25) is 5.02 Å². The minimum Gasteiger partial charge on any atom is -0.396 e. The van der Waals surface area contributed by atoms with Crippen molar-refractivity contribution in [2.45, 2.75) is 6.42 Å².